The van der Waals surface area contributed by atoms with E-state index in [1.807, 2.05) is 25.5 Å². The lowest BCUT2D eigenvalue weighted by Crippen LogP contribution is -2.47. The maximum atomic E-state index is 5.69. The Balaban J connectivity index is 2.17. The van der Waals surface area contributed by atoms with E-state index in [0.29, 0.717) is 0 Å². The Morgan fingerprint density at radius 1 is 1.50 bits per heavy atom. The van der Waals surface area contributed by atoms with Crippen molar-refractivity contribution < 1.29 is 4.74 Å². The van der Waals surface area contributed by atoms with E-state index < -0.39 is 0 Å². The number of rotatable bonds is 6. The second kappa shape index (κ2) is 6.87. The molecule has 0 radical (unpaired) electrons. The molecular weight excluding hydrogens is 270 g/mol. The van der Waals surface area contributed by atoms with Crippen LogP contribution in [0.25, 0.3) is 0 Å². The summed E-state index contributed by atoms with van der Waals surface area (Å²) in [6, 6.07) is 0. The van der Waals surface area contributed by atoms with Crippen LogP contribution >= 0.6 is 11.3 Å². The molecule has 2 rings (SSSR count). The van der Waals surface area contributed by atoms with Crippen molar-refractivity contribution in [2.75, 3.05) is 32.1 Å². The molecule has 0 amide bonds. The Morgan fingerprint density at radius 3 is 2.95 bits per heavy atom. The van der Waals surface area contributed by atoms with E-state index in [0.717, 1.165) is 38.9 Å². The minimum atomic E-state index is -0.0298. The summed E-state index contributed by atoms with van der Waals surface area (Å²) < 4.78 is 5.69. The molecule has 0 spiro atoms. The molecule has 1 N–H and O–H groups in total. The number of thiazole rings is 1. The van der Waals surface area contributed by atoms with E-state index in [-0.39, 0.29) is 5.60 Å². The van der Waals surface area contributed by atoms with Gasteiger partial charge in [0.25, 0.3) is 0 Å². The van der Waals surface area contributed by atoms with Gasteiger partial charge in [0, 0.05) is 31.6 Å². The summed E-state index contributed by atoms with van der Waals surface area (Å²) >= 11 is 1.84. The van der Waals surface area contributed by atoms with Gasteiger partial charge in [-0.3, -0.25) is 0 Å². The third kappa shape index (κ3) is 3.51. The predicted octanol–water partition coefficient (Wildman–Crippen LogP) is 2.82. The fourth-order valence-corrected chi connectivity index (χ4v) is 3.91. The maximum Gasteiger partial charge on any atom is 0.185 e. The maximum absolute atomic E-state index is 5.69. The highest BCUT2D eigenvalue weighted by Crippen LogP contribution is 2.32. The minimum absolute atomic E-state index is 0.0298. The van der Waals surface area contributed by atoms with Gasteiger partial charge in [-0.2, -0.15) is 0 Å². The molecule has 1 atom stereocenters. The molecule has 20 heavy (non-hydrogen) atoms. The van der Waals surface area contributed by atoms with Gasteiger partial charge in [0.05, 0.1) is 11.3 Å². The Morgan fingerprint density at radius 2 is 2.30 bits per heavy atom. The molecule has 0 aromatic carbocycles. The van der Waals surface area contributed by atoms with Crippen LogP contribution in [0.4, 0.5) is 5.13 Å². The lowest BCUT2D eigenvalue weighted by Gasteiger charge is -2.39. The van der Waals surface area contributed by atoms with E-state index in [2.05, 4.69) is 24.1 Å². The fraction of sp³-hybridized carbons (Fsp3) is 0.800. The number of ether oxygens (including phenoxy) is 1. The summed E-state index contributed by atoms with van der Waals surface area (Å²) in [4.78, 5) is 8.67. The number of nitrogens with zero attached hydrogens (tertiary/aromatic N) is 2. The third-order valence-corrected chi connectivity index (χ3v) is 5.17. The van der Waals surface area contributed by atoms with Gasteiger partial charge in [-0.15, -0.1) is 11.3 Å². The van der Waals surface area contributed by atoms with Crippen LogP contribution in [0.1, 0.15) is 43.7 Å². The van der Waals surface area contributed by atoms with Gasteiger partial charge in [0.15, 0.2) is 5.13 Å². The molecule has 1 aromatic rings. The molecule has 1 aliphatic rings. The Hall–Kier alpha value is -0.650. The van der Waals surface area contributed by atoms with Crippen LogP contribution in [0.5, 0.6) is 0 Å². The zero-order chi connectivity index (χ0) is 14.6. The largest absolute Gasteiger partial charge is 0.377 e. The normalized spacial score (nSPS) is 23.3. The van der Waals surface area contributed by atoms with Gasteiger partial charge >= 0.3 is 0 Å². The zero-order valence-electron chi connectivity index (χ0n) is 13.2. The van der Waals surface area contributed by atoms with Gasteiger partial charge < -0.3 is 15.0 Å². The van der Waals surface area contributed by atoms with Crippen molar-refractivity contribution >= 4 is 16.5 Å². The van der Waals surface area contributed by atoms with Crippen molar-refractivity contribution in [2.45, 2.75) is 51.7 Å². The van der Waals surface area contributed by atoms with Crippen molar-refractivity contribution in [1.29, 1.82) is 0 Å². The number of anilines is 1. The predicted molar refractivity (Wildman–Crippen MR) is 85.7 cm³/mol. The molecule has 0 aliphatic carbocycles. The monoisotopic (exact) mass is 297 g/mol. The number of aromatic nitrogens is 1. The first-order chi connectivity index (χ1) is 9.61. The van der Waals surface area contributed by atoms with Crippen LogP contribution in [0, 0.1) is 0 Å². The Kier molecular flexibility index (Phi) is 5.41. The van der Waals surface area contributed by atoms with Crippen molar-refractivity contribution in [3.63, 3.8) is 0 Å². The summed E-state index contributed by atoms with van der Waals surface area (Å²) in [7, 11) is 3.82. The molecule has 1 unspecified atom stereocenters. The highest BCUT2D eigenvalue weighted by molar-refractivity contribution is 7.15. The molecule has 114 valence electrons. The fourth-order valence-electron chi connectivity index (χ4n) is 2.77. The summed E-state index contributed by atoms with van der Waals surface area (Å²) in [6.07, 6.45) is 4.53. The highest BCUT2D eigenvalue weighted by Gasteiger charge is 2.32. The number of hydrogen-bond acceptors (Lipinski definition) is 5. The van der Waals surface area contributed by atoms with Gasteiger partial charge in [-0.05, 0) is 33.2 Å². The lowest BCUT2D eigenvalue weighted by molar-refractivity contribution is -0.00466. The average Bonchev–Trinajstić information content (AvgIpc) is 2.83. The second-order valence-corrected chi connectivity index (χ2v) is 6.89. The molecule has 4 nitrogen and oxygen atoms in total. The van der Waals surface area contributed by atoms with Gasteiger partial charge in [-0.25, -0.2) is 4.98 Å². The standard InChI is InChI=1S/C15H27N3OS/c1-5-7-12-13(10-16-3)20-14(17-12)18-9-6-8-15(2,11-18)19-4/h16H,5-11H2,1-4H3. The molecule has 1 saturated heterocycles. The zero-order valence-corrected chi connectivity index (χ0v) is 14.0. The summed E-state index contributed by atoms with van der Waals surface area (Å²) in [5.41, 5.74) is 1.24. The summed E-state index contributed by atoms with van der Waals surface area (Å²) in [5.74, 6) is 0. The summed E-state index contributed by atoms with van der Waals surface area (Å²) in [5, 5.41) is 4.42. The van der Waals surface area contributed by atoms with Crippen LogP contribution in [0.15, 0.2) is 0 Å². The first-order valence-electron chi connectivity index (χ1n) is 7.55. The molecule has 1 aromatic heterocycles. The van der Waals surface area contributed by atoms with E-state index in [1.165, 1.54) is 22.1 Å². The average molecular weight is 297 g/mol. The van der Waals surface area contributed by atoms with Gasteiger partial charge in [0.2, 0.25) is 0 Å². The van der Waals surface area contributed by atoms with Crippen LogP contribution < -0.4 is 10.2 Å². The molecular formula is C15H27N3OS. The quantitative estimate of drug-likeness (QED) is 0.876. The van der Waals surface area contributed by atoms with Crippen molar-refractivity contribution in [1.82, 2.24) is 10.3 Å². The first-order valence-corrected chi connectivity index (χ1v) is 8.37. The highest BCUT2D eigenvalue weighted by atomic mass is 32.1. The molecule has 1 fully saturated rings. The van der Waals surface area contributed by atoms with Crippen LogP contribution in [0.3, 0.4) is 0 Å². The van der Waals surface area contributed by atoms with Crippen molar-refractivity contribution in [2.24, 2.45) is 0 Å². The smallest absolute Gasteiger partial charge is 0.185 e. The number of piperidine rings is 1. The Labute approximate surface area is 126 Å². The number of hydrogen-bond donors (Lipinski definition) is 1. The third-order valence-electron chi connectivity index (χ3n) is 4.01. The van der Waals surface area contributed by atoms with Crippen LogP contribution in [0.2, 0.25) is 0 Å². The topological polar surface area (TPSA) is 37.4 Å². The number of nitrogens with one attached hydrogen (secondary N) is 1. The Bertz CT molecular complexity index is 411. The molecule has 1 aliphatic heterocycles. The van der Waals surface area contributed by atoms with Crippen LogP contribution in [-0.2, 0) is 17.7 Å². The molecule has 0 saturated carbocycles. The second-order valence-electron chi connectivity index (χ2n) is 5.83. The molecule has 5 heteroatoms. The van der Waals surface area contributed by atoms with Crippen molar-refractivity contribution in [3.05, 3.63) is 10.6 Å². The number of aryl methyl sites for hydroxylation is 1. The molecule has 0 bridgehead atoms. The minimum Gasteiger partial charge on any atom is -0.377 e. The summed E-state index contributed by atoms with van der Waals surface area (Å²) in [6.45, 7) is 7.38. The van der Waals surface area contributed by atoms with Gasteiger partial charge in [0.1, 0.15) is 0 Å². The SMILES string of the molecule is CCCc1nc(N2CCCC(C)(OC)C2)sc1CNC. The van der Waals surface area contributed by atoms with Crippen molar-refractivity contribution in [3.8, 4) is 0 Å². The first kappa shape index (κ1) is 15.7. The molecule has 2 heterocycles. The lowest BCUT2D eigenvalue weighted by atomic mass is 9.95. The van der Waals surface area contributed by atoms with E-state index in [9.17, 15) is 0 Å². The van der Waals surface area contributed by atoms with E-state index in [1.54, 1.807) is 0 Å². The number of methoxy groups -OCH3 is 1. The van der Waals surface area contributed by atoms with Crippen LogP contribution in [-0.4, -0.2) is 37.8 Å². The van der Waals surface area contributed by atoms with E-state index in [4.69, 9.17) is 9.72 Å². The van der Waals surface area contributed by atoms with E-state index >= 15 is 0 Å². The van der Waals surface area contributed by atoms with Gasteiger partial charge in [-0.1, -0.05) is 13.3 Å².